The largest absolute Gasteiger partial charge is 0.497 e. The van der Waals surface area contributed by atoms with Gasteiger partial charge in [0.1, 0.15) is 16.8 Å². The molecule has 0 aliphatic heterocycles. The number of sulfonamides is 1. The molecule has 0 saturated heterocycles. The van der Waals surface area contributed by atoms with Crippen LogP contribution in [0.25, 0.3) is 10.6 Å². The molecule has 10 heteroatoms. The van der Waals surface area contributed by atoms with Crippen LogP contribution in [0.1, 0.15) is 37.0 Å². The Morgan fingerprint density at radius 1 is 1.09 bits per heavy atom. The SMILES string of the molecule is CCC(C)C(NS(=O)(=O)c1c(C)cc(C)cc1C)C(=O)Nc1nnc(-c2ccc(OC)cc2)s1. The second-order valence-electron chi connectivity index (χ2n) is 8.34. The van der Waals surface area contributed by atoms with Gasteiger partial charge in [0, 0.05) is 5.56 Å². The van der Waals surface area contributed by atoms with Gasteiger partial charge in [-0.2, -0.15) is 4.72 Å². The van der Waals surface area contributed by atoms with Gasteiger partial charge in [-0.3, -0.25) is 10.1 Å². The maximum atomic E-state index is 13.3. The molecule has 1 heterocycles. The lowest BCUT2D eigenvalue weighted by atomic mass is 9.99. The van der Waals surface area contributed by atoms with Crippen molar-refractivity contribution in [3.63, 3.8) is 0 Å². The number of methoxy groups -OCH3 is 1. The minimum atomic E-state index is -3.93. The number of amides is 1. The Kier molecular flexibility index (Phi) is 8.06. The van der Waals surface area contributed by atoms with Crippen molar-refractivity contribution < 1.29 is 17.9 Å². The zero-order valence-corrected chi connectivity index (χ0v) is 21.8. The summed E-state index contributed by atoms with van der Waals surface area (Å²) < 4.78 is 34.4. The summed E-state index contributed by atoms with van der Waals surface area (Å²) in [4.78, 5) is 13.4. The lowest BCUT2D eigenvalue weighted by Crippen LogP contribution is -2.47. The molecule has 0 saturated carbocycles. The van der Waals surface area contributed by atoms with E-state index < -0.39 is 22.0 Å². The summed E-state index contributed by atoms with van der Waals surface area (Å²) in [6.45, 7) is 9.18. The Hall–Kier alpha value is -2.82. The molecule has 8 nitrogen and oxygen atoms in total. The summed E-state index contributed by atoms with van der Waals surface area (Å²) in [5, 5.41) is 11.9. The molecule has 2 N–H and O–H groups in total. The number of hydrogen-bond acceptors (Lipinski definition) is 7. The first-order valence-corrected chi connectivity index (χ1v) is 13.2. The minimum absolute atomic E-state index is 0.205. The van der Waals surface area contributed by atoms with E-state index in [1.165, 1.54) is 11.3 Å². The first-order valence-electron chi connectivity index (χ1n) is 10.9. The van der Waals surface area contributed by atoms with E-state index in [0.717, 1.165) is 16.9 Å². The number of rotatable bonds is 9. The van der Waals surface area contributed by atoms with Crippen LogP contribution in [-0.4, -0.2) is 37.7 Å². The van der Waals surface area contributed by atoms with Gasteiger partial charge in [0.05, 0.1) is 12.0 Å². The Balaban J connectivity index is 1.82. The summed E-state index contributed by atoms with van der Waals surface area (Å²) in [6, 6.07) is 10.0. The van der Waals surface area contributed by atoms with Gasteiger partial charge in [0.15, 0.2) is 0 Å². The normalized spacial score (nSPS) is 13.4. The van der Waals surface area contributed by atoms with E-state index in [0.29, 0.717) is 27.7 Å². The molecule has 3 rings (SSSR count). The molecule has 1 amide bonds. The maximum absolute atomic E-state index is 13.3. The van der Waals surface area contributed by atoms with Crippen LogP contribution in [-0.2, 0) is 14.8 Å². The molecule has 34 heavy (non-hydrogen) atoms. The van der Waals surface area contributed by atoms with Crippen molar-refractivity contribution in [1.29, 1.82) is 0 Å². The average Bonchev–Trinajstić information content (AvgIpc) is 3.24. The van der Waals surface area contributed by atoms with Crippen LogP contribution in [0.4, 0.5) is 5.13 Å². The van der Waals surface area contributed by atoms with Crippen molar-refractivity contribution in [2.24, 2.45) is 5.92 Å². The second-order valence-corrected chi connectivity index (χ2v) is 11.0. The van der Waals surface area contributed by atoms with Gasteiger partial charge < -0.3 is 4.74 Å². The summed E-state index contributed by atoms with van der Waals surface area (Å²) in [7, 11) is -2.34. The van der Waals surface area contributed by atoms with E-state index >= 15 is 0 Å². The van der Waals surface area contributed by atoms with Gasteiger partial charge in [-0.15, -0.1) is 10.2 Å². The van der Waals surface area contributed by atoms with Crippen molar-refractivity contribution in [2.45, 2.75) is 52.0 Å². The molecule has 3 aromatic rings. The third-order valence-electron chi connectivity index (χ3n) is 5.64. The van der Waals surface area contributed by atoms with Crippen molar-refractivity contribution in [2.75, 3.05) is 12.4 Å². The third kappa shape index (κ3) is 5.81. The van der Waals surface area contributed by atoms with Gasteiger partial charge in [-0.1, -0.05) is 49.3 Å². The first-order chi connectivity index (χ1) is 16.1. The van der Waals surface area contributed by atoms with Crippen LogP contribution in [0.3, 0.4) is 0 Å². The number of carbonyl (C=O) groups excluding carboxylic acids is 1. The predicted octanol–water partition coefficient (Wildman–Crippen LogP) is 4.47. The molecule has 0 aliphatic carbocycles. The molecule has 2 aromatic carbocycles. The molecule has 0 bridgehead atoms. The Labute approximate surface area is 204 Å². The molecule has 1 aromatic heterocycles. The highest BCUT2D eigenvalue weighted by molar-refractivity contribution is 7.89. The van der Waals surface area contributed by atoms with E-state index in [4.69, 9.17) is 4.74 Å². The van der Waals surface area contributed by atoms with E-state index in [-0.39, 0.29) is 10.8 Å². The summed E-state index contributed by atoms with van der Waals surface area (Å²) in [6.07, 6.45) is 0.611. The number of ether oxygens (including phenoxy) is 1. The van der Waals surface area contributed by atoms with Gasteiger partial charge in [0.25, 0.3) is 0 Å². The summed E-state index contributed by atoms with van der Waals surface area (Å²) in [5.74, 6) is 0.0112. The third-order valence-corrected chi connectivity index (χ3v) is 8.28. The summed E-state index contributed by atoms with van der Waals surface area (Å²) in [5.41, 5.74) is 3.10. The molecular weight excluding hydrogens is 472 g/mol. The van der Waals surface area contributed by atoms with E-state index in [1.807, 2.05) is 57.2 Å². The standard InChI is InChI=1S/C24H30N4O4S2/c1-7-15(3)20(28-34(30,31)21-16(4)12-14(2)13-17(21)5)22(29)25-24-27-26-23(33-24)18-8-10-19(32-6)11-9-18/h8-13,15,20,28H,7H2,1-6H3,(H,25,27,29). The number of aromatic nitrogens is 2. The number of carbonyl (C=O) groups is 1. The molecule has 0 spiro atoms. The number of anilines is 1. The highest BCUT2D eigenvalue weighted by atomic mass is 32.2. The molecule has 2 atom stereocenters. The first kappa shape index (κ1) is 25.8. The Bertz CT molecular complexity index is 1250. The fourth-order valence-electron chi connectivity index (χ4n) is 3.79. The summed E-state index contributed by atoms with van der Waals surface area (Å²) >= 11 is 1.21. The minimum Gasteiger partial charge on any atom is -0.497 e. The van der Waals surface area contributed by atoms with Gasteiger partial charge in [-0.25, -0.2) is 8.42 Å². The Morgan fingerprint density at radius 2 is 1.71 bits per heavy atom. The quantitative estimate of drug-likeness (QED) is 0.447. The van der Waals surface area contributed by atoms with Crippen LogP contribution in [0.5, 0.6) is 5.75 Å². The highest BCUT2D eigenvalue weighted by Crippen LogP contribution is 2.28. The van der Waals surface area contributed by atoms with Gasteiger partial charge >= 0.3 is 0 Å². The molecule has 0 aliphatic rings. The maximum Gasteiger partial charge on any atom is 0.244 e. The predicted molar refractivity (Wildman–Crippen MR) is 135 cm³/mol. The fraction of sp³-hybridized carbons (Fsp3) is 0.375. The molecule has 0 fully saturated rings. The molecule has 2 unspecified atom stereocenters. The monoisotopic (exact) mass is 502 g/mol. The smallest absolute Gasteiger partial charge is 0.244 e. The number of hydrogen-bond donors (Lipinski definition) is 2. The van der Waals surface area contributed by atoms with Gasteiger partial charge in [-0.05, 0) is 62.1 Å². The van der Waals surface area contributed by atoms with E-state index in [1.54, 1.807) is 21.0 Å². The zero-order chi connectivity index (χ0) is 25.0. The Morgan fingerprint density at radius 3 is 2.26 bits per heavy atom. The molecule has 182 valence electrons. The van der Waals surface area contributed by atoms with Crippen LogP contribution >= 0.6 is 11.3 Å². The van der Waals surface area contributed by atoms with Crippen molar-refractivity contribution in [3.8, 4) is 16.3 Å². The topological polar surface area (TPSA) is 110 Å². The lowest BCUT2D eigenvalue weighted by Gasteiger charge is -2.24. The second kappa shape index (κ2) is 10.6. The van der Waals surface area contributed by atoms with Gasteiger partial charge in [0.2, 0.25) is 21.1 Å². The highest BCUT2D eigenvalue weighted by Gasteiger charge is 2.32. The van der Waals surface area contributed by atoms with E-state index in [2.05, 4.69) is 20.2 Å². The van der Waals surface area contributed by atoms with Crippen LogP contribution in [0.15, 0.2) is 41.3 Å². The van der Waals surface area contributed by atoms with Crippen molar-refractivity contribution in [3.05, 3.63) is 53.1 Å². The molecule has 0 radical (unpaired) electrons. The molecular formula is C24H30N4O4S2. The van der Waals surface area contributed by atoms with Crippen LogP contribution in [0, 0.1) is 26.7 Å². The number of aryl methyl sites for hydroxylation is 3. The van der Waals surface area contributed by atoms with Crippen molar-refractivity contribution >= 4 is 32.4 Å². The lowest BCUT2D eigenvalue weighted by molar-refractivity contribution is -0.118. The zero-order valence-electron chi connectivity index (χ0n) is 20.2. The van der Waals surface area contributed by atoms with E-state index in [9.17, 15) is 13.2 Å². The van der Waals surface area contributed by atoms with Crippen LogP contribution < -0.4 is 14.8 Å². The average molecular weight is 503 g/mol. The van der Waals surface area contributed by atoms with Crippen LogP contribution in [0.2, 0.25) is 0 Å². The number of benzene rings is 2. The fourth-order valence-corrected chi connectivity index (χ4v) is 6.30. The van der Waals surface area contributed by atoms with Crippen molar-refractivity contribution in [1.82, 2.24) is 14.9 Å². The number of nitrogens with one attached hydrogen (secondary N) is 2. The number of nitrogens with zero attached hydrogens (tertiary/aromatic N) is 2.